The summed E-state index contributed by atoms with van der Waals surface area (Å²) in [5, 5.41) is 11.5. The molecule has 24 heavy (non-hydrogen) atoms. The van der Waals surface area contributed by atoms with Gasteiger partial charge in [0.1, 0.15) is 11.9 Å². The van der Waals surface area contributed by atoms with E-state index >= 15 is 0 Å². The van der Waals surface area contributed by atoms with Gasteiger partial charge in [-0.25, -0.2) is 4.39 Å². The van der Waals surface area contributed by atoms with Gasteiger partial charge in [-0.2, -0.15) is 0 Å². The van der Waals surface area contributed by atoms with Gasteiger partial charge < -0.3 is 16.2 Å². The fraction of sp³-hybridized carbons (Fsp3) is 0.176. The van der Waals surface area contributed by atoms with Crippen LogP contribution in [0.5, 0.6) is 0 Å². The van der Waals surface area contributed by atoms with Gasteiger partial charge in [0.15, 0.2) is 0 Å². The number of carbonyl (C=O) groups is 2. The van der Waals surface area contributed by atoms with Crippen LogP contribution < -0.4 is 11.1 Å². The molecule has 0 spiro atoms. The molecule has 0 bridgehead atoms. The van der Waals surface area contributed by atoms with E-state index in [4.69, 9.17) is 22.4 Å². The van der Waals surface area contributed by atoms with Gasteiger partial charge in [-0.3, -0.25) is 9.59 Å². The molecule has 0 radical (unpaired) electrons. The van der Waals surface area contributed by atoms with E-state index in [2.05, 4.69) is 5.32 Å². The summed E-state index contributed by atoms with van der Waals surface area (Å²) in [5.74, 6) is -2.45. The van der Waals surface area contributed by atoms with Gasteiger partial charge in [-0.05, 0) is 42.8 Å². The first-order chi connectivity index (χ1) is 11.3. The number of carboxylic acid groups (broad SMARTS) is 1. The van der Waals surface area contributed by atoms with Crippen LogP contribution in [0.3, 0.4) is 0 Å². The molecule has 0 saturated heterocycles. The lowest BCUT2D eigenvalue weighted by atomic mass is 10.0. The van der Waals surface area contributed by atoms with Crippen molar-refractivity contribution in [2.75, 3.05) is 6.54 Å². The van der Waals surface area contributed by atoms with Crippen molar-refractivity contribution in [3.05, 3.63) is 58.4 Å². The minimum atomic E-state index is -1.23. The summed E-state index contributed by atoms with van der Waals surface area (Å²) in [5.41, 5.74) is 7.38. The van der Waals surface area contributed by atoms with Crippen LogP contribution in [0.25, 0.3) is 11.1 Å². The Kier molecular flexibility index (Phi) is 5.54. The van der Waals surface area contributed by atoms with Gasteiger partial charge in [0.25, 0.3) is 5.91 Å². The van der Waals surface area contributed by atoms with Crippen molar-refractivity contribution in [2.45, 2.75) is 13.0 Å². The zero-order valence-electron chi connectivity index (χ0n) is 12.8. The number of nitrogens with one attached hydrogen (secondary N) is 1. The quantitative estimate of drug-likeness (QED) is 0.772. The van der Waals surface area contributed by atoms with Crippen molar-refractivity contribution in [1.29, 1.82) is 0 Å². The van der Waals surface area contributed by atoms with Crippen LogP contribution in [0.1, 0.15) is 15.9 Å². The van der Waals surface area contributed by atoms with E-state index in [1.807, 2.05) is 13.0 Å². The summed E-state index contributed by atoms with van der Waals surface area (Å²) >= 11 is 6.15. The largest absolute Gasteiger partial charge is 0.480 e. The Morgan fingerprint density at radius 3 is 2.67 bits per heavy atom. The second-order valence-electron chi connectivity index (χ2n) is 5.37. The summed E-state index contributed by atoms with van der Waals surface area (Å²) in [4.78, 5) is 22.8. The third-order valence-electron chi connectivity index (χ3n) is 3.39. The minimum absolute atomic E-state index is 0.0557. The topological polar surface area (TPSA) is 92.4 Å². The molecule has 2 aromatic carbocycles. The molecule has 0 unspecified atom stereocenters. The van der Waals surface area contributed by atoms with Crippen LogP contribution in [0.15, 0.2) is 36.4 Å². The van der Waals surface area contributed by atoms with Crippen LogP contribution in [0.2, 0.25) is 5.02 Å². The van der Waals surface area contributed by atoms with Gasteiger partial charge >= 0.3 is 5.97 Å². The number of hydrogen-bond donors (Lipinski definition) is 3. The smallest absolute Gasteiger partial charge is 0.322 e. The van der Waals surface area contributed by atoms with E-state index in [0.29, 0.717) is 16.1 Å². The zero-order valence-corrected chi connectivity index (χ0v) is 13.6. The minimum Gasteiger partial charge on any atom is -0.480 e. The Hall–Kier alpha value is -2.44. The molecule has 7 heteroatoms. The molecule has 126 valence electrons. The van der Waals surface area contributed by atoms with Crippen LogP contribution >= 0.6 is 11.6 Å². The molecule has 5 nitrogen and oxygen atoms in total. The van der Waals surface area contributed by atoms with Crippen molar-refractivity contribution >= 4 is 23.5 Å². The molecule has 0 heterocycles. The standard InChI is InChI=1S/C17H16ClFN2O3/c1-9-2-3-14(18)13(4-9)10-5-11(7-12(19)6-10)16(22)21-8-15(20)17(23)24/h2-7,15H,8,20H2,1H3,(H,21,22)(H,23,24)/t15-/m1/s1. The Balaban J connectivity index is 2.30. The van der Waals surface area contributed by atoms with E-state index in [-0.39, 0.29) is 12.1 Å². The van der Waals surface area contributed by atoms with E-state index in [1.165, 1.54) is 12.1 Å². The van der Waals surface area contributed by atoms with Gasteiger partial charge in [0, 0.05) is 22.7 Å². The summed E-state index contributed by atoms with van der Waals surface area (Å²) < 4.78 is 13.9. The maximum Gasteiger partial charge on any atom is 0.322 e. The molecule has 0 aromatic heterocycles. The molecule has 1 amide bonds. The van der Waals surface area contributed by atoms with E-state index in [1.54, 1.807) is 12.1 Å². The molecule has 0 saturated carbocycles. The first kappa shape index (κ1) is 17.9. The zero-order chi connectivity index (χ0) is 17.9. The Morgan fingerprint density at radius 2 is 2.00 bits per heavy atom. The van der Waals surface area contributed by atoms with Gasteiger partial charge in [-0.1, -0.05) is 23.2 Å². The summed E-state index contributed by atoms with van der Waals surface area (Å²) in [7, 11) is 0. The van der Waals surface area contributed by atoms with Crippen molar-refractivity contribution in [1.82, 2.24) is 5.32 Å². The van der Waals surface area contributed by atoms with E-state index in [0.717, 1.165) is 11.6 Å². The Bertz CT molecular complexity index is 795. The number of benzene rings is 2. The fourth-order valence-corrected chi connectivity index (χ4v) is 2.36. The lowest BCUT2D eigenvalue weighted by Crippen LogP contribution is -2.42. The molecule has 0 aliphatic rings. The van der Waals surface area contributed by atoms with Crippen molar-refractivity contribution in [3.8, 4) is 11.1 Å². The van der Waals surface area contributed by atoms with E-state index < -0.39 is 23.7 Å². The number of amides is 1. The highest BCUT2D eigenvalue weighted by atomic mass is 35.5. The van der Waals surface area contributed by atoms with Crippen LogP contribution in [0.4, 0.5) is 4.39 Å². The van der Waals surface area contributed by atoms with E-state index in [9.17, 15) is 14.0 Å². The summed E-state index contributed by atoms with van der Waals surface area (Å²) in [6.07, 6.45) is 0. The normalized spacial score (nSPS) is 11.8. The number of nitrogens with two attached hydrogens (primary N) is 1. The summed E-state index contributed by atoms with van der Waals surface area (Å²) in [6, 6.07) is 7.92. The maximum atomic E-state index is 13.9. The van der Waals surface area contributed by atoms with Crippen LogP contribution in [-0.2, 0) is 4.79 Å². The Morgan fingerprint density at radius 1 is 1.29 bits per heavy atom. The number of carbonyl (C=O) groups excluding carboxylic acids is 1. The average molecular weight is 351 g/mol. The first-order valence-electron chi connectivity index (χ1n) is 7.11. The van der Waals surface area contributed by atoms with Crippen molar-refractivity contribution < 1.29 is 19.1 Å². The highest BCUT2D eigenvalue weighted by Gasteiger charge is 2.15. The molecular weight excluding hydrogens is 335 g/mol. The number of aliphatic carboxylic acids is 1. The number of halogens is 2. The third-order valence-corrected chi connectivity index (χ3v) is 3.72. The van der Waals surface area contributed by atoms with Crippen LogP contribution in [-0.4, -0.2) is 29.6 Å². The van der Waals surface area contributed by atoms with Gasteiger partial charge in [0.2, 0.25) is 0 Å². The molecule has 1 atom stereocenters. The third kappa shape index (κ3) is 4.31. The first-order valence-corrected chi connectivity index (χ1v) is 7.49. The van der Waals surface area contributed by atoms with Gasteiger partial charge in [-0.15, -0.1) is 0 Å². The predicted molar refractivity (Wildman–Crippen MR) is 89.5 cm³/mol. The molecule has 0 aliphatic heterocycles. The lowest BCUT2D eigenvalue weighted by Gasteiger charge is -2.11. The Labute approximate surface area is 143 Å². The molecule has 2 rings (SSSR count). The predicted octanol–water partition coefficient (Wildman–Crippen LogP) is 2.60. The maximum absolute atomic E-state index is 13.9. The highest BCUT2D eigenvalue weighted by Crippen LogP contribution is 2.30. The molecular formula is C17H16ClFN2O3. The van der Waals surface area contributed by atoms with Crippen molar-refractivity contribution in [2.24, 2.45) is 5.73 Å². The summed E-state index contributed by atoms with van der Waals surface area (Å²) in [6.45, 7) is 1.62. The SMILES string of the molecule is Cc1ccc(Cl)c(-c2cc(F)cc(C(=O)NC[C@@H](N)C(=O)O)c2)c1. The monoisotopic (exact) mass is 350 g/mol. The van der Waals surface area contributed by atoms with Crippen molar-refractivity contribution in [3.63, 3.8) is 0 Å². The fourth-order valence-electron chi connectivity index (χ4n) is 2.13. The number of carboxylic acids is 1. The molecule has 0 fully saturated rings. The number of rotatable bonds is 5. The molecule has 2 aromatic rings. The average Bonchev–Trinajstić information content (AvgIpc) is 2.53. The number of hydrogen-bond acceptors (Lipinski definition) is 3. The lowest BCUT2D eigenvalue weighted by molar-refractivity contribution is -0.138. The second-order valence-corrected chi connectivity index (χ2v) is 5.77. The molecule has 4 N–H and O–H groups in total. The highest BCUT2D eigenvalue weighted by molar-refractivity contribution is 6.33. The second kappa shape index (κ2) is 7.42. The number of aryl methyl sites for hydroxylation is 1. The molecule has 0 aliphatic carbocycles. The van der Waals surface area contributed by atoms with Crippen LogP contribution in [0, 0.1) is 12.7 Å². The van der Waals surface area contributed by atoms with Gasteiger partial charge in [0.05, 0.1) is 0 Å².